The van der Waals surface area contributed by atoms with Crippen molar-refractivity contribution in [3.63, 3.8) is 0 Å². The van der Waals surface area contributed by atoms with E-state index in [0.29, 0.717) is 23.0 Å². The summed E-state index contributed by atoms with van der Waals surface area (Å²) in [5.41, 5.74) is 12.1. The van der Waals surface area contributed by atoms with Gasteiger partial charge >= 0.3 is 0 Å². The van der Waals surface area contributed by atoms with Gasteiger partial charge in [-0.15, -0.1) is 0 Å². The van der Waals surface area contributed by atoms with Crippen molar-refractivity contribution in [1.82, 2.24) is 14.8 Å². The fourth-order valence-electron chi connectivity index (χ4n) is 3.54. The molecule has 1 aromatic carbocycles. The van der Waals surface area contributed by atoms with Crippen LogP contribution in [0.5, 0.6) is 0 Å². The van der Waals surface area contributed by atoms with Crippen LogP contribution in [0, 0.1) is 18.3 Å². The predicted molar refractivity (Wildman–Crippen MR) is 108 cm³/mol. The lowest BCUT2D eigenvalue weighted by atomic mass is 10.0. The van der Waals surface area contributed by atoms with E-state index in [1.807, 2.05) is 23.7 Å². The van der Waals surface area contributed by atoms with Crippen LogP contribution in [-0.2, 0) is 17.6 Å². The zero-order chi connectivity index (χ0) is 19.8. The molecule has 2 aromatic heterocycles. The number of benzene rings is 1. The van der Waals surface area contributed by atoms with Gasteiger partial charge in [0.05, 0.1) is 40.4 Å². The zero-order valence-corrected chi connectivity index (χ0v) is 16.5. The number of rotatable bonds is 2. The Morgan fingerprint density at radius 1 is 1.36 bits per heavy atom. The van der Waals surface area contributed by atoms with Crippen LogP contribution in [0.4, 0.5) is 5.82 Å². The van der Waals surface area contributed by atoms with Crippen molar-refractivity contribution in [2.45, 2.75) is 32.8 Å². The molecule has 6 nitrogen and oxygen atoms in total. The van der Waals surface area contributed by atoms with Crippen LogP contribution in [0.3, 0.4) is 0 Å². The van der Waals surface area contributed by atoms with Crippen molar-refractivity contribution in [2.24, 2.45) is 0 Å². The van der Waals surface area contributed by atoms with Crippen LogP contribution in [0.1, 0.15) is 29.3 Å². The zero-order valence-electron chi connectivity index (χ0n) is 15.7. The number of anilines is 1. The Morgan fingerprint density at radius 3 is 2.93 bits per heavy atom. The number of aryl methyl sites for hydroxylation is 1. The van der Waals surface area contributed by atoms with E-state index in [1.54, 1.807) is 18.3 Å². The molecule has 0 bridgehead atoms. The Hall–Kier alpha value is -2.88. The van der Waals surface area contributed by atoms with Crippen molar-refractivity contribution in [3.8, 4) is 23.0 Å². The molecule has 1 aliphatic heterocycles. The first kappa shape index (κ1) is 18.5. The summed E-state index contributed by atoms with van der Waals surface area (Å²) >= 11 is 6.12. The Kier molecular flexibility index (Phi) is 4.80. The summed E-state index contributed by atoms with van der Waals surface area (Å²) in [6, 6.07) is 9.52. The number of ether oxygens (including phenoxy) is 1. The van der Waals surface area contributed by atoms with Crippen LogP contribution in [-0.4, -0.2) is 27.5 Å². The fourth-order valence-corrected chi connectivity index (χ4v) is 3.70. The smallest absolute Gasteiger partial charge is 0.126 e. The van der Waals surface area contributed by atoms with Gasteiger partial charge in [0.25, 0.3) is 0 Å². The number of hydrogen-bond donors (Lipinski definition) is 1. The SMILES string of the molecule is Cc1cc(-c2nn(-c3ccc(Cl)c(C#N)c3)c3c2CCO[C@H](C)C3)cnc1N. The number of nitrogen functional groups attached to an aromatic ring is 1. The molecule has 0 aliphatic carbocycles. The number of nitrogens with zero attached hydrogens (tertiary/aromatic N) is 4. The second-order valence-corrected chi connectivity index (χ2v) is 7.43. The summed E-state index contributed by atoms with van der Waals surface area (Å²) in [5.74, 6) is 0.516. The molecule has 4 rings (SSSR count). The van der Waals surface area contributed by atoms with Gasteiger partial charge in [-0.05, 0) is 50.1 Å². The average Bonchev–Trinajstić information content (AvgIpc) is 2.91. The highest BCUT2D eigenvalue weighted by atomic mass is 35.5. The van der Waals surface area contributed by atoms with Crippen LogP contribution < -0.4 is 5.73 Å². The molecular formula is C21H20ClN5O. The van der Waals surface area contributed by atoms with Crippen molar-refractivity contribution < 1.29 is 4.74 Å². The monoisotopic (exact) mass is 393 g/mol. The van der Waals surface area contributed by atoms with Gasteiger partial charge in [-0.3, -0.25) is 0 Å². The van der Waals surface area contributed by atoms with Crippen LogP contribution in [0.25, 0.3) is 16.9 Å². The van der Waals surface area contributed by atoms with Crippen LogP contribution >= 0.6 is 11.6 Å². The lowest BCUT2D eigenvalue weighted by molar-refractivity contribution is 0.0735. The average molecular weight is 394 g/mol. The highest BCUT2D eigenvalue weighted by Crippen LogP contribution is 2.32. The number of pyridine rings is 1. The molecule has 2 N–H and O–H groups in total. The van der Waals surface area contributed by atoms with Gasteiger partial charge in [0.15, 0.2) is 0 Å². The highest BCUT2D eigenvalue weighted by Gasteiger charge is 2.25. The van der Waals surface area contributed by atoms with Gasteiger partial charge in [0, 0.05) is 23.7 Å². The van der Waals surface area contributed by atoms with Gasteiger partial charge in [-0.1, -0.05) is 11.6 Å². The van der Waals surface area contributed by atoms with E-state index >= 15 is 0 Å². The van der Waals surface area contributed by atoms with Gasteiger partial charge in [-0.2, -0.15) is 10.4 Å². The molecule has 0 unspecified atom stereocenters. The molecular weight excluding hydrogens is 374 g/mol. The van der Waals surface area contributed by atoms with E-state index in [-0.39, 0.29) is 6.10 Å². The molecule has 0 spiro atoms. The minimum Gasteiger partial charge on any atom is -0.383 e. The number of hydrogen-bond acceptors (Lipinski definition) is 5. The molecule has 28 heavy (non-hydrogen) atoms. The predicted octanol–water partition coefficient (Wildman–Crippen LogP) is 3.85. The Morgan fingerprint density at radius 2 is 2.18 bits per heavy atom. The molecule has 7 heteroatoms. The van der Waals surface area contributed by atoms with E-state index in [2.05, 4.69) is 18.0 Å². The number of fused-ring (bicyclic) bond motifs is 1. The molecule has 1 aliphatic rings. The summed E-state index contributed by atoms with van der Waals surface area (Å²) in [6.07, 6.45) is 3.33. The van der Waals surface area contributed by atoms with E-state index in [4.69, 9.17) is 27.2 Å². The third-order valence-corrected chi connectivity index (χ3v) is 5.36. The maximum Gasteiger partial charge on any atom is 0.126 e. The lowest BCUT2D eigenvalue weighted by Crippen LogP contribution is -2.13. The van der Waals surface area contributed by atoms with Crippen LogP contribution in [0.2, 0.25) is 5.02 Å². The number of nitrogens with two attached hydrogens (primary N) is 1. The molecule has 1 atom stereocenters. The number of aromatic nitrogens is 3. The van der Waals surface area contributed by atoms with Crippen molar-refractivity contribution >= 4 is 17.4 Å². The second-order valence-electron chi connectivity index (χ2n) is 7.02. The Labute approximate surface area is 168 Å². The van der Waals surface area contributed by atoms with Crippen molar-refractivity contribution in [3.05, 3.63) is 57.9 Å². The van der Waals surface area contributed by atoms with E-state index in [1.165, 1.54) is 0 Å². The molecule has 0 saturated carbocycles. The number of halogens is 1. The number of nitriles is 1. The van der Waals surface area contributed by atoms with Gasteiger partial charge in [0.2, 0.25) is 0 Å². The summed E-state index contributed by atoms with van der Waals surface area (Å²) in [7, 11) is 0. The minimum absolute atomic E-state index is 0.0820. The van der Waals surface area contributed by atoms with Crippen molar-refractivity contribution in [2.75, 3.05) is 12.3 Å². The quantitative estimate of drug-likeness (QED) is 0.714. The third-order valence-electron chi connectivity index (χ3n) is 5.03. The minimum atomic E-state index is 0.0820. The van der Waals surface area contributed by atoms with Gasteiger partial charge in [0.1, 0.15) is 11.9 Å². The standard InChI is InChI=1S/C21H20ClN5O/c1-12-7-15(11-25-21(12)24)20-17-5-6-28-13(2)8-19(17)27(26-20)16-3-4-18(22)14(9-16)10-23/h3-4,7,9,11,13H,5-6,8H2,1-2H3,(H2,24,25)/t13-/m1/s1. The largest absolute Gasteiger partial charge is 0.383 e. The van der Waals surface area contributed by atoms with Crippen LogP contribution in [0.15, 0.2) is 30.5 Å². The van der Waals surface area contributed by atoms with Gasteiger partial charge in [-0.25, -0.2) is 9.67 Å². The molecule has 142 valence electrons. The molecule has 3 heterocycles. The second kappa shape index (κ2) is 7.27. The molecule has 3 aromatic rings. The first-order valence-corrected chi connectivity index (χ1v) is 9.50. The maximum atomic E-state index is 9.35. The summed E-state index contributed by atoms with van der Waals surface area (Å²) in [6.45, 7) is 4.63. The lowest BCUT2D eigenvalue weighted by Gasteiger charge is -2.12. The topological polar surface area (TPSA) is 89.8 Å². The third kappa shape index (κ3) is 3.24. The Balaban J connectivity index is 1.93. The summed E-state index contributed by atoms with van der Waals surface area (Å²) < 4.78 is 7.78. The first-order chi connectivity index (χ1) is 13.5. The molecule has 0 fully saturated rings. The normalized spacial score (nSPS) is 16.3. The van der Waals surface area contributed by atoms with Crippen molar-refractivity contribution in [1.29, 1.82) is 5.26 Å². The Bertz CT molecular complexity index is 1100. The summed E-state index contributed by atoms with van der Waals surface area (Å²) in [4.78, 5) is 4.30. The van der Waals surface area contributed by atoms with Gasteiger partial charge < -0.3 is 10.5 Å². The first-order valence-electron chi connectivity index (χ1n) is 9.13. The highest BCUT2D eigenvalue weighted by molar-refractivity contribution is 6.31. The van der Waals surface area contributed by atoms with E-state index in [9.17, 15) is 5.26 Å². The maximum absolute atomic E-state index is 9.35. The molecule has 0 amide bonds. The molecule has 0 radical (unpaired) electrons. The summed E-state index contributed by atoms with van der Waals surface area (Å²) in [5, 5.41) is 14.7. The van der Waals surface area contributed by atoms with E-state index in [0.717, 1.165) is 46.6 Å². The van der Waals surface area contributed by atoms with E-state index < -0.39 is 0 Å². The molecule has 0 saturated heterocycles. The fraction of sp³-hybridized carbons (Fsp3) is 0.286.